The smallest absolute Gasteiger partial charge is 0.322 e. The molecule has 25 heavy (non-hydrogen) atoms. The first-order valence-electron chi connectivity index (χ1n) is 7.65. The molecule has 0 aliphatic carbocycles. The van der Waals surface area contributed by atoms with Crippen LogP contribution in [0, 0.1) is 6.92 Å². The summed E-state index contributed by atoms with van der Waals surface area (Å²) >= 11 is 0. The second-order valence-electron chi connectivity index (χ2n) is 5.52. The number of nitrogens with zero attached hydrogens (tertiary/aromatic N) is 4. The summed E-state index contributed by atoms with van der Waals surface area (Å²) in [4.78, 5) is 12.3. The predicted octanol–water partition coefficient (Wildman–Crippen LogP) is 1.80. The molecule has 0 saturated carbocycles. The van der Waals surface area contributed by atoms with Crippen molar-refractivity contribution >= 4 is 11.9 Å². The molecule has 1 amide bonds. The number of nitrogens with one attached hydrogen (secondary N) is 1. The summed E-state index contributed by atoms with van der Waals surface area (Å²) < 4.78 is 18.0. The van der Waals surface area contributed by atoms with Crippen molar-refractivity contribution in [1.29, 1.82) is 0 Å². The minimum atomic E-state index is -0.366. The molecule has 128 valence electrons. The van der Waals surface area contributed by atoms with Crippen LogP contribution in [-0.2, 0) is 7.05 Å². The fourth-order valence-electron chi connectivity index (χ4n) is 2.60. The summed E-state index contributed by atoms with van der Waals surface area (Å²) in [6.45, 7) is 2.82. The Morgan fingerprint density at radius 2 is 2.00 bits per heavy atom. The highest BCUT2D eigenvalue weighted by atomic mass is 16.6. The number of benzene rings is 1. The minimum absolute atomic E-state index is 0.00971. The lowest BCUT2D eigenvalue weighted by Crippen LogP contribution is -2.17. The van der Waals surface area contributed by atoms with Gasteiger partial charge in [0, 0.05) is 12.6 Å². The maximum atomic E-state index is 12.3. The van der Waals surface area contributed by atoms with Gasteiger partial charge in [0.05, 0.1) is 6.20 Å². The first-order valence-corrected chi connectivity index (χ1v) is 7.65. The van der Waals surface area contributed by atoms with Crippen LogP contribution >= 0.6 is 0 Å². The van der Waals surface area contributed by atoms with Gasteiger partial charge in [-0.2, -0.15) is 5.10 Å². The number of anilines is 1. The second-order valence-corrected chi connectivity index (χ2v) is 5.52. The molecule has 0 fully saturated rings. The van der Waals surface area contributed by atoms with Crippen LogP contribution in [0.3, 0.4) is 0 Å². The third-order valence-corrected chi connectivity index (χ3v) is 3.77. The Morgan fingerprint density at radius 1 is 1.20 bits per heavy atom. The van der Waals surface area contributed by atoms with E-state index in [9.17, 15) is 4.79 Å². The molecule has 3 aromatic rings. The van der Waals surface area contributed by atoms with Crippen LogP contribution < -0.4 is 14.8 Å². The minimum Gasteiger partial charge on any atom is -0.486 e. The molecule has 1 aliphatic heterocycles. The molecule has 1 N–H and O–H groups in total. The summed E-state index contributed by atoms with van der Waals surface area (Å²) in [5, 5.41) is 14.4. The Kier molecular flexibility index (Phi) is 3.60. The van der Waals surface area contributed by atoms with Gasteiger partial charge in [0.1, 0.15) is 18.9 Å². The molecule has 1 aliphatic rings. The highest BCUT2D eigenvalue weighted by Gasteiger charge is 2.19. The van der Waals surface area contributed by atoms with Gasteiger partial charge < -0.3 is 13.9 Å². The molecule has 0 spiro atoms. The second kappa shape index (κ2) is 5.93. The fraction of sp³-hybridized carbons (Fsp3) is 0.250. The van der Waals surface area contributed by atoms with Crippen molar-refractivity contribution in [2.75, 3.05) is 18.5 Å². The van der Waals surface area contributed by atoms with Gasteiger partial charge in [0.25, 0.3) is 5.91 Å². The van der Waals surface area contributed by atoms with Crippen molar-refractivity contribution < 1.29 is 18.7 Å². The topological polar surface area (TPSA) is 104 Å². The van der Waals surface area contributed by atoms with Crippen molar-refractivity contribution in [3.63, 3.8) is 0 Å². The van der Waals surface area contributed by atoms with Gasteiger partial charge in [-0.05, 0) is 30.7 Å². The standard InChI is InChI=1S/C16H15N5O4/c1-9-8-17-21(2)13(9)14(22)18-16-20-19-15(25-16)10-3-4-11-12(7-10)24-6-5-23-11/h3-4,7-8H,5-6H2,1-2H3,(H,18,20,22). The van der Waals surface area contributed by atoms with Crippen LogP contribution in [0.15, 0.2) is 28.8 Å². The van der Waals surface area contributed by atoms with Crippen LogP contribution in [0.25, 0.3) is 11.5 Å². The lowest BCUT2D eigenvalue weighted by Gasteiger charge is -2.18. The SMILES string of the molecule is Cc1cnn(C)c1C(=O)Nc1nnc(-c2ccc3c(c2)OCCO3)o1. The van der Waals surface area contributed by atoms with Gasteiger partial charge in [0.15, 0.2) is 11.5 Å². The predicted molar refractivity (Wildman–Crippen MR) is 86.6 cm³/mol. The number of aryl methyl sites for hydroxylation is 2. The van der Waals surface area contributed by atoms with Crippen molar-refractivity contribution in [2.24, 2.45) is 7.05 Å². The molecule has 9 heteroatoms. The Morgan fingerprint density at radius 3 is 2.76 bits per heavy atom. The summed E-state index contributed by atoms with van der Waals surface area (Å²) in [5.74, 6) is 1.21. The van der Waals surface area contributed by atoms with Crippen molar-refractivity contribution in [3.05, 3.63) is 35.7 Å². The average Bonchev–Trinajstić information content (AvgIpc) is 3.21. The molecule has 0 atom stereocenters. The van der Waals surface area contributed by atoms with E-state index in [4.69, 9.17) is 13.9 Å². The van der Waals surface area contributed by atoms with E-state index in [0.717, 1.165) is 5.56 Å². The van der Waals surface area contributed by atoms with E-state index in [2.05, 4.69) is 20.6 Å². The van der Waals surface area contributed by atoms with Gasteiger partial charge in [-0.3, -0.25) is 14.8 Å². The zero-order chi connectivity index (χ0) is 17.4. The number of fused-ring (bicyclic) bond motifs is 1. The quantitative estimate of drug-likeness (QED) is 0.774. The third-order valence-electron chi connectivity index (χ3n) is 3.77. The normalized spacial score (nSPS) is 12.9. The maximum Gasteiger partial charge on any atom is 0.322 e. The van der Waals surface area contributed by atoms with E-state index >= 15 is 0 Å². The number of aromatic nitrogens is 4. The first kappa shape index (κ1) is 15.2. The number of amides is 1. The first-order chi connectivity index (χ1) is 12.1. The number of hydrogen-bond acceptors (Lipinski definition) is 7. The van der Waals surface area contributed by atoms with Crippen LogP contribution in [0.4, 0.5) is 6.01 Å². The van der Waals surface area contributed by atoms with Gasteiger partial charge >= 0.3 is 6.01 Å². The van der Waals surface area contributed by atoms with Crippen molar-refractivity contribution in [3.8, 4) is 23.0 Å². The number of carbonyl (C=O) groups is 1. The Bertz CT molecular complexity index is 926. The van der Waals surface area contributed by atoms with Crippen LogP contribution in [0.2, 0.25) is 0 Å². The maximum absolute atomic E-state index is 12.3. The zero-order valence-corrected chi connectivity index (χ0v) is 13.6. The van der Waals surface area contributed by atoms with E-state index in [1.165, 1.54) is 4.68 Å². The number of carbonyl (C=O) groups excluding carboxylic acids is 1. The molecule has 4 rings (SSSR count). The Labute approximate surface area is 142 Å². The summed E-state index contributed by atoms with van der Waals surface area (Å²) in [6, 6.07) is 5.35. The number of ether oxygens (including phenoxy) is 2. The summed E-state index contributed by atoms with van der Waals surface area (Å²) in [6.07, 6.45) is 1.61. The van der Waals surface area contributed by atoms with Gasteiger partial charge in [-0.15, -0.1) is 5.10 Å². The van der Waals surface area contributed by atoms with E-state index in [1.807, 2.05) is 0 Å². The number of hydrogen-bond donors (Lipinski definition) is 1. The molecular weight excluding hydrogens is 326 g/mol. The molecule has 2 aromatic heterocycles. The van der Waals surface area contributed by atoms with Crippen LogP contribution in [-0.4, -0.2) is 39.1 Å². The van der Waals surface area contributed by atoms with E-state index in [0.29, 0.717) is 36.0 Å². The molecular formula is C16H15N5O4. The largest absolute Gasteiger partial charge is 0.486 e. The van der Waals surface area contributed by atoms with Crippen LogP contribution in [0.5, 0.6) is 11.5 Å². The molecule has 0 unspecified atom stereocenters. The number of rotatable bonds is 3. The fourth-order valence-corrected chi connectivity index (χ4v) is 2.60. The Hall–Kier alpha value is -3.36. The molecule has 0 radical (unpaired) electrons. The average molecular weight is 341 g/mol. The zero-order valence-electron chi connectivity index (χ0n) is 13.6. The third kappa shape index (κ3) is 2.80. The Balaban J connectivity index is 1.55. The molecule has 0 bridgehead atoms. The lowest BCUT2D eigenvalue weighted by molar-refractivity contribution is 0.101. The highest BCUT2D eigenvalue weighted by molar-refractivity contribution is 6.02. The molecule has 0 saturated heterocycles. The van der Waals surface area contributed by atoms with Crippen molar-refractivity contribution in [1.82, 2.24) is 20.0 Å². The van der Waals surface area contributed by atoms with E-state index in [-0.39, 0.29) is 17.8 Å². The van der Waals surface area contributed by atoms with Gasteiger partial charge in [-0.25, -0.2) is 0 Å². The highest BCUT2D eigenvalue weighted by Crippen LogP contribution is 2.34. The van der Waals surface area contributed by atoms with E-state index < -0.39 is 0 Å². The summed E-state index contributed by atoms with van der Waals surface area (Å²) in [7, 11) is 1.69. The van der Waals surface area contributed by atoms with Crippen molar-refractivity contribution in [2.45, 2.75) is 6.92 Å². The van der Waals surface area contributed by atoms with E-state index in [1.54, 1.807) is 38.4 Å². The lowest BCUT2D eigenvalue weighted by atomic mass is 10.2. The van der Waals surface area contributed by atoms with Gasteiger partial charge in [0.2, 0.25) is 5.89 Å². The summed E-state index contributed by atoms with van der Waals surface area (Å²) in [5.41, 5.74) is 1.86. The molecule has 1 aromatic carbocycles. The van der Waals surface area contributed by atoms with Gasteiger partial charge in [-0.1, -0.05) is 5.10 Å². The van der Waals surface area contributed by atoms with Crippen LogP contribution in [0.1, 0.15) is 16.1 Å². The molecule has 3 heterocycles. The molecule has 9 nitrogen and oxygen atoms in total. The monoisotopic (exact) mass is 341 g/mol.